The van der Waals surface area contributed by atoms with Gasteiger partial charge in [0.25, 0.3) is 0 Å². The van der Waals surface area contributed by atoms with E-state index in [1.54, 1.807) is 21.3 Å². The number of hydrogen-bond donors (Lipinski definition) is 0. The molecule has 6 heteroatoms. The summed E-state index contributed by atoms with van der Waals surface area (Å²) in [5, 5.41) is 0. The first kappa shape index (κ1) is 16.7. The molecule has 1 rings (SSSR count). The van der Waals surface area contributed by atoms with E-state index in [-0.39, 0.29) is 4.87 Å². The van der Waals surface area contributed by atoms with E-state index in [1.807, 2.05) is 30.1 Å². The molecule has 0 aliphatic rings. The summed E-state index contributed by atoms with van der Waals surface area (Å²) in [5.41, 5.74) is 1.12. The second-order valence-corrected chi connectivity index (χ2v) is 8.91. The van der Waals surface area contributed by atoms with Crippen LogP contribution in [-0.4, -0.2) is 45.7 Å². The zero-order chi connectivity index (χ0) is 14.1. The lowest BCUT2D eigenvalue weighted by molar-refractivity contribution is 0.121. The van der Waals surface area contributed by atoms with Crippen molar-refractivity contribution >= 4 is 20.6 Å². The van der Waals surface area contributed by atoms with E-state index in [9.17, 15) is 0 Å². The van der Waals surface area contributed by atoms with Crippen molar-refractivity contribution in [2.75, 3.05) is 27.1 Å². The van der Waals surface area contributed by atoms with Crippen LogP contribution in [0.1, 0.15) is 19.0 Å². The Morgan fingerprint density at radius 1 is 1.21 bits per heavy atom. The van der Waals surface area contributed by atoms with Gasteiger partial charge in [0, 0.05) is 33.2 Å². The third-order valence-corrected chi connectivity index (χ3v) is 8.47. The minimum absolute atomic E-state index is 0.260. The van der Waals surface area contributed by atoms with Gasteiger partial charge in [-0.2, -0.15) is 11.8 Å². The maximum Gasteiger partial charge on any atom is 0.513 e. The Kier molecular flexibility index (Phi) is 7.63. The Hall–Kier alpha value is -0.403. The predicted molar refractivity (Wildman–Crippen MR) is 81.3 cm³/mol. The minimum atomic E-state index is -2.54. The van der Waals surface area contributed by atoms with Crippen molar-refractivity contribution in [2.45, 2.75) is 24.6 Å². The predicted octanol–water partition coefficient (Wildman–Crippen LogP) is 2.55. The molecule has 0 N–H and O–H groups in total. The summed E-state index contributed by atoms with van der Waals surface area (Å²) in [5.74, 6) is 0.986. The first-order chi connectivity index (χ1) is 9.22. The van der Waals surface area contributed by atoms with Gasteiger partial charge in [0.05, 0.1) is 4.87 Å². The lowest BCUT2D eigenvalue weighted by atomic mass is 10.3. The van der Waals surface area contributed by atoms with Gasteiger partial charge in [-0.1, -0.05) is 13.0 Å². The van der Waals surface area contributed by atoms with Crippen LogP contribution in [0.4, 0.5) is 0 Å². The zero-order valence-corrected chi connectivity index (χ0v) is 13.9. The van der Waals surface area contributed by atoms with Crippen LogP contribution in [-0.2, 0) is 19.7 Å². The van der Waals surface area contributed by atoms with Crippen LogP contribution in [0.2, 0.25) is 0 Å². The van der Waals surface area contributed by atoms with Crippen molar-refractivity contribution in [3.05, 3.63) is 30.1 Å². The quantitative estimate of drug-likeness (QED) is 0.656. The van der Waals surface area contributed by atoms with Gasteiger partial charge in [-0.25, -0.2) is 0 Å². The van der Waals surface area contributed by atoms with Gasteiger partial charge < -0.3 is 13.3 Å². The van der Waals surface area contributed by atoms with Gasteiger partial charge in [0.2, 0.25) is 0 Å². The van der Waals surface area contributed by atoms with E-state index in [4.69, 9.17) is 13.3 Å². The van der Waals surface area contributed by atoms with Gasteiger partial charge >= 0.3 is 8.80 Å². The third-order valence-electron chi connectivity index (χ3n) is 3.02. The highest BCUT2D eigenvalue weighted by molar-refractivity contribution is 8.01. The normalized spacial score (nSPS) is 13.5. The van der Waals surface area contributed by atoms with Crippen molar-refractivity contribution in [1.29, 1.82) is 0 Å². The maximum absolute atomic E-state index is 5.55. The Balaban J connectivity index is 2.52. The van der Waals surface area contributed by atoms with Crippen LogP contribution in [0.15, 0.2) is 24.4 Å². The molecule has 0 spiro atoms. The summed E-state index contributed by atoms with van der Waals surface area (Å²) in [6.07, 6.45) is 3.74. The molecule has 19 heavy (non-hydrogen) atoms. The molecular weight excluding hydrogens is 278 g/mol. The Morgan fingerprint density at radius 3 is 2.37 bits per heavy atom. The van der Waals surface area contributed by atoms with E-state index in [0.717, 1.165) is 24.3 Å². The topological polar surface area (TPSA) is 40.6 Å². The number of rotatable bonds is 9. The lowest BCUT2D eigenvalue weighted by Gasteiger charge is -2.31. The van der Waals surface area contributed by atoms with Crippen molar-refractivity contribution in [3.8, 4) is 0 Å². The van der Waals surface area contributed by atoms with E-state index in [2.05, 4.69) is 18.0 Å². The number of aryl methyl sites for hydroxylation is 1. The van der Waals surface area contributed by atoms with Gasteiger partial charge in [-0.05, 0) is 30.7 Å². The average molecular weight is 301 g/mol. The van der Waals surface area contributed by atoms with Gasteiger partial charge in [0.15, 0.2) is 0 Å². The second kappa shape index (κ2) is 8.71. The molecule has 1 heterocycles. The molecule has 0 aliphatic heterocycles. The van der Waals surface area contributed by atoms with E-state index >= 15 is 0 Å². The molecule has 0 radical (unpaired) electrons. The van der Waals surface area contributed by atoms with Gasteiger partial charge in [-0.3, -0.25) is 4.98 Å². The molecule has 1 aromatic rings. The smallest absolute Gasteiger partial charge is 0.376 e. The van der Waals surface area contributed by atoms with Crippen molar-refractivity contribution in [2.24, 2.45) is 0 Å². The van der Waals surface area contributed by atoms with Gasteiger partial charge in [0.1, 0.15) is 0 Å². The molecule has 0 saturated heterocycles. The van der Waals surface area contributed by atoms with E-state index in [0.29, 0.717) is 0 Å². The van der Waals surface area contributed by atoms with Crippen LogP contribution in [0, 0.1) is 0 Å². The van der Waals surface area contributed by atoms with Crippen molar-refractivity contribution in [3.63, 3.8) is 0 Å². The molecule has 0 aromatic carbocycles. The van der Waals surface area contributed by atoms with Crippen molar-refractivity contribution in [1.82, 2.24) is 4.98 Å². The molecule has 4 nitrogen and oxygen atoms in total. The first-order valence-corrected chi connectivity index (χ1v) is 9.24. The Morgan fingerprint density at radius 2 is 1.89 bits per heavy atom. The fourth-order valence-electron chi connectivity index (χ4n) is 1.97. The fourth-order valence-corrected chi connectivity index (χ4v) is 6.64. The van der Waals surface area contributed by atoms with Gasteiger partial charge in [-0.15, -0.1) is 0 Å². The summed E-state index contributed by atoms with van der Waals surface area (Å²) in [7, 11) is 2.46. The van der Waals surface area contributed by atoms with Crippen LogP contribution in [0.3, 0.4) is 0 Å². The number of thioether (sulfide) groups is 1. The summed E-state index contributed by atoms with van der Waals surface area (Å²) >= 11 is 1.84. The third kappa shape index (κ3) is 4.57. The standard InChI is InChI=1S/C13H23NO3SSi/c1-5-13(19(15-2,16-3)17-4)18-11-9-12-8-6-7-10-14-12/h6-8,10,13H,5,9,11H2,1-4H3. The molecule has 1 unspecified atom stereocenters. The highest BCUT2D eigenvalue weighted by atomic mass is 32.2. The molecule has 0 saturated carbocycles. The van der Waals surface area contributed by atoms with Crippen LogP contribution >= 0.6 is 11.8 Å². The first-order valence-electron chi connectivity index (χ1n) is 6.39. The van der Waals surface area contributed by atoms with Crippen molar-refractivity contribution < 1.29 is 13.3 Å². The highest BCUT2D eigenvalue weighted by Crippen LogP contribution is 2.27. The van der Waals surface area contributed by atoms with E-state index in [1.165, 1.54) is 0 Å². The van der Waals surface area contributed by atoms with E-state index < -0.39 is 8.80 Å². The van der Waals surface area contributed by atoms with Crippen LogP contribution in [0.25, 0.3) is 0 Å². The summed E-state index contributed by atoms with van der Waals surface area (Å²) in [6.45, 7) is 2.14. The largest absolute Gasteiger partial charge is 0.513 e. The second-order valence-electron chi connectivity index (χ2n) is 4.05. The molecule has 0 amide bonds. The molecule has 1 atom stereocenters. The minimum Gasteiger partial charge on any atom is -0.376 e. The monoisotopic (exact) mass is 301 g/mol. The fraction of sp³-hybridized carbons (Fsp3) is 0.615. The highest BCUT2D eigenvalue weighted by Gasteiger charge is 2.46. The Labute approximate surface area is 121 Å². The summed E-state index contributed by atoms with van der Waals surface area (Å²) in [6, 6.07) is 6.00. The lowest BCUT2D eigenvalue weighted by Crippen LogP contribution is -2.52. The molecule has 0 aliphatic carbocycles. The molecule has 1 aromatic heterocycles. The average Bonchev–Trinajstić information content (AvgIpc) is 2.48. The molecule has 108 valence electrons. The number of pyridine rings is 1. The maximum atomic E-state index is 5.55. The van der Waals surface area contributed by atoms with Crippen LogP contribution < -0.4 is 0 Å². The number of hydrogen-bond acceptors (Lipinski definition) is 5. The zero-order valence-electron chi connectivity index (χ0n) is 12.1. The molecular formula is C13H23NO3SSi. The Bertz CT molecular complexity index is 341. The number of nitrogens with zero attached hydrogens (tertiary/aromatic N) is 1. The summed E-state index contributed by atoms with van der Waals surface area (Å²) < 4.78 is 16.7. The molecule has 0 fully saturated rings. The van der Waals surface area contributed by atoms with Crippen LogP contribution in [0.5, 0.6) is 0 Å². The summed E-state index contributed by atoms with van der Waals surface area (Å²) in [4.78, 5) is 4.59. The SMILES string of the molecule is CCC(SCCc1ccccn1)[Si](OC)(OC)OC. The molecule has 0 bridgehead atoms. The number of aromatic nitrogens is 1.